The Bertz CT molecular complexity index is 563. The Hall–Kier alpha value is -2.14. The fourth-order valence-electron chi connectivity index (χ4n) is 1.93. The van der Waals surface area contributed by atoms with Crippen LogP contribution in [0.5, 0.6) is 0 Å². The quantitative estimate of drug-likeness (QED) is 0.784. The average Bonchev–Trinajstić information content (AvgIpc) is 2.86. The number of carbonyl (C=O) groups excluding carboxylic acids is 1. The van der Waals surface area contributed by atoms with Crippen molar-refractivity contribution in [2.24, 2.45) is 0 Å². The number of likely N-dealkylation sites (N-methyl/N-ethyl adjacent to an activating group) is 1. The van der Waals surface area contributed by atoms with Crippen molar-refractivity contribution in [3.63, 3.8) is 0 Å². The summed E-state index contributed by atoms with van der Waals surface area (Å²) in [7, 11) is 0. The van der Waals surface area contributed by atoms with Crippen LogP contribution in [-0.2, 0) is 0 Å². The van der Waals surface area contributed by atoms with Gasteiger partial charge in [0.1, 0.15) is 0 Å². The molecule has 0 aliphatic heterocycles. The van der Waals surface area contributed by atoms with Gasteiger partial charge in [0.2, 0.25) is 0 Å². The lowest BCUT2D eigenvalue weighted by Crippen LogP contribution is -2.31. The molecule has 1 amide bonds. The summed E-state index contributed by atoms with van der Waals surface area (Å²) >= 11 is 0. The number of hydrogen-bond donors (Lipinski definition) is 2. The highest BCUT2D eigenvalue weighted by Gasteiger charge is 2.13. The minimum absolute atomic E-state index is 0.0809. The Morgan fingerprint density at radius 3 is 2.70 bits per heavy atom. The lowest BCUT2D eigenvalue weighted by Gasteiger charge is -2.04. The van der Waals surface area contributed by atoms with Crippen molar-refractivity contribution in [1.82, 2.24) is 20.4 Å². The Morgan fingerprint density at radius 1 is 1.25 bits per heavy atom. The standard InChI is InChI=1S/C15H20N4O/c1-3-16-9-10-17-15(20)14-11-19(18-12(14)2)13-7-5-4-6-8-13/h4-8,11,16H,3,9-10H2,1-2H3,(H,17,20). The van der Waals surface area contributed by atoms with E-state index in [1.165, 1.54) is 0 Å². The van der Waals surface area contributed by atoms with E-state index in [-0.39, 0.29) is 5.91 Å². The monoisotopic (exact) mass is 272 g/mol. The first-order valence-corrected chi connectivity index (χ1v) is 6.83. The number of carbonyl (C=O) groups is 1. The SMILES string of the molecule is CCNCCNC(=O)c1cn(-c2ccccc2)nc1C. The number of amides is 1. The molecule has 2 aromatic rings. The molecule has 5 heteroatoms. The predicted molar refractivity (Wildman–Crippen MR) is 79.2 cm³/mol. The normalized spacial score (nSPS) is 10.5. The molecular formula is C15H20N4O. The fourth-order valence-corrected chi connectivity index (χ4v) is 1.93. The molecule has 2 rings (SSSR count). The van der Waals surface area contributed by atoms with E-state index in [2.05, 4.69) is 15.7 Å². The van der Waals surface area contributed by atoms with E-state index in [0.717, 1.165) is 24.5 Å². The van der Waals surface area contributed by atoms with Crippen molar-refractivity contribution in [2.45, 2.75) is 13.8 Å². The highest BCUT2D eigenvalue weighted by Crippen LogP contribution is 2.11. The number of nitrogens with zero attached hydrogens (tertiary/aromatic N) is 2. The second-order valence-electron chi connectivity index (χ2n) is 4.52. The van der Waals surface area contributed by atoms with Crippen LogP contribution >= 0.6 is 0 Å². The smallest absolute Gasteiger partial charge is 0.254 e. The van der Waals surface area contributed by atoms with Crippen molar-refractivity contribution in [3.05, 3.63) is 47.8 Å². The molecule has 1 heterocycles. The Morgan fingerprint density at radius 2 is 2.00 bits per heavy atom. The van der Waals surface area contributed by atoms with Crippen LogP contribution in [0.2, 0.25) is 0 Å². The number of para-hydroxylation sites is 1. The van der Waals surface area contributed by atoms with E-state index in [4.69, 9.17) is 0 Å². The van der Waals surface area contributed by atoms with Gasteiger partial charge in [0, 0.05) is 19.3 Å². The molecule has 0 bridgehead atoms. The summed E-state index contributed by atoms with van der Waals surface area (Å²) in [5.41, 5.74) is 2.29. The molecule has 1 aromatic heterocycles. The second kappa shape index (κ2) is 6.86. The van der Waals surface area contributed by atoms with E-state index in [1.54, 1.807) is 10.9 Å². The Labute approximate surface area is 119 Å². The van der Waals surface area contributed by atoms with Crippen molar-refractivity contribution in [3.8, 4) is 5.69 Å². The number of aryl methyl sites for hydroxylation is 1. The van der Waals surface area contributed by atoms with Crippen LogP contribution in [0.25, 0.3) is 5.69 Å². The van der Waals surface area contributed by atoms with E-state index in [0.29, 0.717) is 12.1 Å². The first-order chi connectivity index (χ1) is 9.72. The zero-order chi connectivity index (χ0) is 14.4. The van der Waals surface area contributed by atoms with Gasteiger partial charge in [-0.2, -0.15) is 5.10 Å². The third kappa shape index (κ3) is 3.45. The number of hydrogen-bond acceptors (Lipinski definition) is 3. The van der Waals surface area contributed by atoms with Crippen LogP contribution in [0.1, 0.15) is 23.0 Å². The van der Waals surface area contributed by atoms with Crippen LogP contribution in [0, 0.1) is 6.92 Å². The van der Waals surface area contributed by atoms with Crippen LogP contribution in [0.4, 0.5) is 0 Å². The summed E-state index contributed by atoms with van der Waals surface area (Å²) in [5, 5.41) is 10.4. The molecule has 0 spiro atoms. The zero-order valence-corrected chi connectivity index (χ0v) is 11.9. The number of aromatic nitrogens is 2. The summed E-state index contributed by atoms with van der Waals surface area (Å²) in [4.78, 5) is 12.1. The third-order valence-corrected chi connectivity index (χ3v) is 3.00. The molecule has 5 nitrogen and oxygen atoms in total. The minimum atomic E-state index is -0.0809. The van der Waals surface area contributed by atoms with Crippen molar-refractivity contribution < 1.29 is 4.79 Å². The highest BCUT2D eigenvalue weighted by atomic mass is 16.1. The molecule has 20 heavy (non-hydrogen) atoms. The van der Waals surface area contributed by atoms with Crippen molar-refractivity contribution in [2.75, 3.05) is 19.6 Å². The van der Waals surface area contributed by atoms with E-state index < -0.39 is 0 Å². The molecule has 0 saturated carbocycles. The van der Waals surface area contributed by atoms with Gasteiger partial charge in [0.15, 0.2) is 0 Å². The molecule has 0 fully saturated rings. The maximum Gasteiger partial charge on any atom is 0.254 e. The number of benzene rings is 1. The zero-order valence-electron chi connectivity index (χ0n) is 11.9. The van der Waals surface area contributed by atoms with Gasteiger partial charge in [-0.05, 0) is 25.6 Å². The van der Waals surface area contributed by atoms with Gasteiger partial charge < -0.3 is 10.6 Å². The lowest BCUT2D eigenvalue weighted by atomic mass is 10.2. The topological polar surface area (TPSA) is 58.9 Å². The molecule has 2 N–H and O–H groups in total. The Kier molecular flexibility index (Phi) is 4.90. The molecule has 0 aliphatic carbocycles. The van der Waals surface area contributed by atoms with Crippen LogP contribution in [-0.4, -0.2) is 35.3 Å². The molecular weight excluding hydrogens is 252 g/mol. The molecule has 0 aliphatic rings. The summed E-state index contributed by atoms with van der Waals surface area (Å²) in [6.45, 7) is 6.17. The summed E-state index contributed by atoms with van der Waals surface area (Å²) in [6, 6.07) is 9.76. The van der Waals surface area contributed by atoms with Crippen LogP contribution in [0.3, 0.4) is 0 Å². The van der Waals surface area contributed by atoms with Crippen molar-refractivity contribution in [1.29, 1.82) is 0 Å². The van der Waals surface area contributed by atoms with Gasteiger partial charge in [0.25, 0.3) is 5.91 Å². The summed E-state index contributed by atoms with van der Waals surface area (Å²) in [6.07, 6.45) is 1.77. The first-order valence-electron chi connectivity index (χ1n) is 6.83. The summed E-state index contributed by atoms with van der Waals surface area (Å²) < 4.78 is 1.73. The van der Waals surface area contributed by atoms with E-state index >= 15 is 0 Å². The molecule has 1 aromatic carbocycles. The van der Waals surface area contributed by atoms with Crippen LogP contribution < -0.4 is 10.6 Å². The summed E-state index contributed by atoms with van der Waals surface area (Å²) in [5.74, 6) is -0.0809. The van der Waals surface area contributed by atoms with E-state index in [9.17, 15) is 4.79 Å². The average molecular weight is 272 g/mol. The van der Waals surface area contributed by atoms with Gasteiger partial charge >= 0.3 is 0 Å². The number of nitrogens with one attached hydrogen (secondary N) is 2. The first kappa shape index (κ1) is 14.3. The third-order valence-electron chi connectivity index (χ3n) is 3.00. The highest BCUT2D eigenvalue weighted by molar-refractivity contribution is 5.95. The van der Waals surface area contributed by atoms with Crippen molar-refractivity contribution >= 4 is 5.91 Å². The molecule has 106 valence electrons. The molecule has 0 radical (unpaired) electrons. The maximum atomic E-state index is 12.1. The van der Waals surface area contributed by atoms with Gasteiger partial charge in [0.05, 0.1) is 16.9 Å². The fraction of sp³-hybridized carbons (Fsp3) is 0.333. The second-order valence-corrected chi connectivity index (χ2v) is 4.52. The van der Waals surface area contributed by atoms with Gasteiger partial charge in [-0.3, -0.25) is 4.79 Å². The molecule has 0 atom stereocenters. The van der Waals surface area contributed by atoms with E-state index in [1.807, 2.05) is 44.2 Å². The Balaban J connectivity index is 2.06. The van der Waals surface area contributed by atoms with Gasteiger partial charge in [-0.15, -0.1) is 0 Å². The lowest BCUT2D eigenvalue weighted by molar-refractivity contribution is 0.0953. The maximum absolute atomic E-state index is 12.1. The largest absolute Gasteiger partial charge is 0.351 e. The van der Waals surface area contributed by atoms with Gasteiger partial charge in [-0.1, -0.05) is 25.1 Å². The minimum Gasteiger partial charge on any atom is -0.351 e. The van der Waals surface area contributed by atoms with Gasteiger partial charge in [-0.25, -0.2) is 4.68 Å². The predicted octanol–water partition coefficient (Wildman–Crippen LogP) is 1.52. The van der Waals surface area contributed by atoms with Crippen LogP contribution in [0.15, 0.2) is 36.5 Å². The molecule has 0 unspecified atom stereocenters. The molecule has 0 saturated heterocycles. The number of rotatable bonds is 6.